The van der Waals surface area contributed by atoms with Crippen molar-refractivity contribution in [3.8, 4) is 0 Å². The topological polar surface area (TPSA) is 98.7 Å². The highest BCUT2D eigenvalue weighted by molar-refractivity contribution is 5.82. The number of aliphatic hydroxyl groups excluding tert-OH is 2. The quantitative estimate of drug-likeness (QED) is 0.259. The zero-order valence-electron chi connectivity index (χ0n) is 14.2. The maximum Gasteiger partial charge on any atom is 0.173 e. The summed E-state index contributed by atoms with van der Waals surface area (Å²) in [6.45, 7) is 3.23. The number of hydrogen-bond acceptors (Lipinski definition) is 5. The molecule has 2 aromatic heterocycles. The van der Waals surface area contributed by atoms with E-state index in [9.17, 15) is 0 Å². The van der Waals surface area contributed by atoms with Crippen LogP contribution in [-0.2, 0) is 13.1 Å². The smallest absolute Gasteiger partial charge is 0.173 e. The molecule has 132 valence electrons. The van der Waals surface area contributed by atoms with Gasteiger partial charge in [-0.15, -0.1) is 20.4 Å². The Labute approximate surface area is 146 Å². The number of rotatable bonds is 7. The predicted octanol–water partition coefficient (Wildman–Crippen LogP) is 1.17. The molecule has 0 amide bonds. The minimum Gasteiger partial charge on any atom is -0.395 e. The number of hydrogen-bond donors (Lipinski definition) is 2. The van der Waals surface area contributed by atoms with Crippen molar-refractivity contribution < 1.29 is 14.8 Å². The van der Waals surface area contributed by atoms with Crippen LogP contribution in [0.4, 0.5) is 5.69 Å². The standard InChI is InChI=1S/C17H23N6O2/c1-2-17(20-18-15-3-7-22(8-4-15)11-13-24)21-19-16-5-9-23(10-6-16)12-14-25/h3-10,24-25H,2,11-14H2,1H3/q+1. The summed E-state index contributed by atoms with van der Waals surface area (Å²) in [5.41, 5.74) is 0.708. The average Bonchev–Trinajstić information content (AvgIpc) is 2.65. The first kappa shape index (κ1) is 18.6. The number of amidine groups is 1. The van der Waals surface area contributed by atoms with Crippen molar-refractivity contribution in [3.05, 3.63) is 54.4 Å². The van der Waals surface area contributed by atoms with E-state index in [2.05, 4.69) is 20.4 Å². The van der Waals surface area contributed by atoms with Crippen molar-refractivity contribution in [1.29, 1.82) is 0 Å². The zero-order chi connectivity index (χ0) is 17.9. The summed E-state index contributed by atoms with van der Waals surface area (Å²) >= 11 is 0. The van der Waals surface area contributed by atoms with Crippen LogP contribution in [-0.4, -0.2) is 33.8 Å². The number of aliphatic hydroxyl groups is 2. The molecule has 0 saturated carbocycles. The second kappa shape index (κ2) is 10.2. The van der Waals surface area contributed by atoms with E-state index in [-0.39, 0.29) is 13.2 Å². The third-order valence-corrected chi connectivity index (χ3v) is 3.34. The van der Waals surface area contributed by atoms with E-state index in [1.165, 1.54) is 0 Å². The van der Waals surface area contributed by atoms with Crippen LogP contribution in [0.5, 0.6) is 0 Å². The van der Waals surface area contributed by atoms with Gasteiger partial charge < -0.3 is 14.8 Å². The lowest BCUT2D eigenvalue weighted by atomic mass is 10.4. The molecule has 25 heavy (non-hydrogen) atoms. The van der Waals surface area contributed by atoms with Gasteiger partial charge in [0, 0.05) is 37.5 Å². The molecule has 0 aliphatic rings. The molecule has 2 rings (SSSR count). The molecular formula is C17H23N6O2+. The van der Waals surface area contributed by atoms with E-state index in [0.717, 1.165) is 0 Å². The van der Waals surface area contributed by atoms with E-state index in [1.54, 1.807) is 0 Å². The van der Waals surface area contributed by atoms with Crippen LogP contribution < -0.4 is 9.92 Å². The third-order valence-electron chi connectivity index (χ3n) is 3.34. The molecule has 0 aromatic carbocycles. The molecule has 0 aliphatic carbocycles. The van der Waals surface area contributed by atoms with Crippen molar-refractivity contribution in [3.63, 3.8) is 0 Å². The van der Waals surface area contributed by atoms with E-state index < -0.39 is 0 Å². The Morgan fingerprint density at radius 3 is 2.40 bits per heavy atom. The summed E-state index contributed by atoms with van der Waals surface area (Å²) in [7, 11) is 0. The Bertz CT molecular complexity index is 760. The van der Waals surface area contributed by atoms with Crippen molar-refractivity contribution in [2.45, 2.75) is 26.4 Å². The van der Waals surface area contributed by atoms with Crippen LogP contribution in [0.3, 0.4) is 0 Å². The molecule has 2 N–H and O–H groups in total. The maximum atomic E-state index is 8.89. The molecule has 0 fully saturated rings. The van der Waals surface area contributed by atoms with Crippen LogP contribution in [0.15, 0.2) is 69.5 Å². The first-order valence-electron chi connectivity index (χ1n) is 8.14. The van der Waals surface area contributed by atoms with E-state index >= 15 is 0 Å². The molecule has 8 heteroatoms. The minimum atomic E-state index is 0.0964. The van der Waals surface area contributed by atoms with Gasteiger partial charge in [-0.25, -0.2) is 4.57 Å². The first-order valence-corrected chi connectivity index (χ1v) is 8.14. The predicted molar refractivity (Wildman–Crippen MR) is 93.0 cm³/mol. The molecule has 0 spiro atoms. The van der Waals surface area contributed by atoms with Gasteiger partial charge in [0.15, 0.2) is 24.8 Å². The van der Waals surface area contributed by atoms with Gasteiger partial charge in [0.1, 0.15) is 6.61 Å². The zero-order valence-corrected chi connectivity index (χ0v) is 14.2. The molecule has 0 bridgehead atoms. The van der Waals surface area contributed by atoms with Gasteiger partial charge in [-0.05, 0) is 12.1 Å². The van der Waals surface area contributed by atoms with E-state index in [0.29, 0.717) is 36.4 Å². The molecule has 0 saturated heterocycles. The van der Waals surface area contributed by atoms with E-state index in [4.69, 9.17) is 10.2 Å². The highest BCUT2D eigenvalue weighted by Crippen LogP contribution is 2.09. The molecule has 2 aromatic rings. The Balaban J connectivity index is 2.07. The largest absolute Gasteiger partial charge is 0.395 e. The summed E-state index contributed by atoms with van der Waals surface area (Å²) in [4.78, 5) is 0. The van der Waals surface area contributed by atoms with Crippen molar-refractivity contribution in [2.24, 2.45) is 20.4 Å². The molecule has 8 nitrogen and oxygen atoms in total. The fraction of sp³-hybridized carbons (Fsp3) is 0.353. The summed E-state index contributed by atoms with van der Waals surface area (Å²) in [5, 5.41) is 35.1. The molecule has 0 unspecified atom stereocenters. The first-order chi connectivity index (χ1) is 12.2. The maximum absolute atomic E-state index is 8.89. The molecule has 2 heterocycles. The molecular weight excluding hydrogens is 320 g/mol. The van der Waals surface area contributed by atoms with Crippen molar-refractivity contribution >= 4 is 11.5 Å². The lowest BCUT2D eigenvalue weighted by Crippen LogP contribution is -2.34. The monoisotopic (exact) mass is 343 g/mol. The van der Waals surface area contributed by atoms with Crippen molar-refractivity contribution in [2.75, 3.05) is 13.2 Å². The van der Waals surface area contributed by atoms with Crippen LogP contribution in [0, 0.1) is 0 Å². The lowest BCUT2D eigenvalue weighted by Gasteiger charge is -2.01. The fourth-order valence-electron chi connectivity index (χ4n) is 1.95. The molecule has 0 radical (unpaired) electrons. The van der Waals surface area contributed by atoms with Crippen LogP contribution >= 0.6 is 0 Å². The number of pyridine rings is 2. The van der Waals surface area contributed by atoms with Gasteiger partial charge in [0.05, 0.1) is 17.7 Å². The Kier molecular flexibility index (Phi) is 7.61. The molecule has 0 aliphatic heterocycles. The minimum absolute atomic E-state index is 0.0964. The summed E-state index contributed by atoms with van der Waals surface area (Å²) in [6.07, 6.45) is 7.96. The summed E-state index contributed by atoms with van der Waals surface area (Å²) < 4.78 is 3.73. The van der Waals surface area contributed by atoms with Crippen molar-refractivity contribution in [1.82, 2.24) is 4.57 Å². The Morgan fingerprint density at radius 1 is 1.08 bits per heavy atom. The highest BCUT2D eigenvalue weighted by atomic mass is 16.3. The van der Waals surface area contributed by atoms with Gasteiger partial charge in [-0.3, -0.25) is 0 Å². The van der Waals surface area contributed by atoms with Gasteiger partial charge in [0.2, 0.25) is 0 Å². The van der Waals surface area contributed by atoms with Gasteiger partial charge in [0.25, 0.3) is 0 Å². The molecule has 0 atom stereocenters. The van der Waals surface area contributed by atoms with E-state index in [1.807, 2.05) is 65.1 Å². The van der Waals surface area contributed by atoms with Crippen LogP contribution in [0.1, 0.15) is 13.3 Å². The van der Waals surface area contributed by atoms with Gasteiger partial charge in [-0.2, -0.15) is 0 Å². The second-order valence-electron chi connectivity index (χ2n) is 5.21. The third kappa shape index (κ3) is 6.36. The van der Waals surface area contributed by atoms with Crippen LogP contribution in [0.25, 0.3) is 0 Å². The summed E-state index contributed by atoms with van der Waals surface area (Å²) in [5.74, 6) is 0.527. The van der Waals surface area contributed by atoms with Gasteiger partial charge >= 0.3 is 0 Å². The number of aromatic nitrogens is 2. The normalized spacial score (nSPS) is 11.9. The number of nitrogens with zero attached hydrogens (tertiary/aromatic N) is 6. The summed E-state index contributed by atoms with van der Waals surface area (Å²) in [6, 6.07) is 7.28. The fourth-order valence-corrected chi connectivity index (χ4v) is 1.95. The van der Waals surface area contributed by atoms with Gasteiger partial charge in [-0.1, -0.05) is 6.92 Å². The Morgan fingerprint density at radius 2 is 1.80 bits per heavy atom. The highest BCUT2D eigenvalue weighted by Gasteiger charge is 1.99. The number of azo groups is 1. The van der Waals surface area contributed by atoms with Crippen LogP contribution in [0.2, 0.25) is 0 Å². The Hall–Kier alpha value is -2.71. The lowest BCUT2D eigenvalue weighted by molar-refractivity contribution is -0.698. The average molecular weight is 343 g/mol. The SMILES string of the molecule is CCC(N=Nc1cc[n+](CCO)cc1)=NN=c1ccn(CCO)cc1. The second-order valence-corrected chi connectivity index (χ2v) is 5.21.